The monoisotopic (exact) mass is 395 g/mol. The van der Waals surface area contributed by atoms with E-state index in [0.717, 1.165) is 0 Å². The Labute approximate surface area is 165 Å². The predicted octanol–water partition coefficient (Wildman–Crippen LogP) is 1.86. The van der Waals surface area contributed by atoms with Gasteiger partial charge in [-0.2, -0.15) is 0 Å². The normalized spacial score (nSPS) is 41.5. The van der Waals surface area contributed by atoms with Crippen molar-refractivity contribution in [3.8, 4) is 0 Å². The zero-order valence-electron chi connectivity index (χ0n) is 16.9. The Bertz CT molecular complexity index is 705. The van der Waals surface area contributed by atoms with Crippen LogP contribution in [0.2, 0.25) is 0 Å². The molecule has 0 amide bonds. The van der Waals surface area contributed by atoms with Gasteiger partial charge in [-0.05, 0) is 20.3 Å². The number of allylic oxidation sites excluding steroid dienone is 1. The molecule has 0 aliphatic carbocycles. The van der Waals surface area contributed by atoms with Crippen LogP contribution in [0, 0.1) is 17.0 Å². The molecule has 2 fully saturated rings. The molecule has 0 radical (unpaired) electrons. The number of carbonyl (C=O) groups excluding carboxylic acids is 3. The summed E-state index contributed by atoms with van der Waals surface area (Å²) in [6.07, 6.45) is 2.39. The number of carbonyl (C=O) groups is 3. The van der Waals surface area contributed by atoms with E-state index < -0.39 is 46.2 Å². The first-order valence-corrected chi connectivity index (χ1v) is 9.87. The van der Waals surface area contributed by atoms with E-state index in [2.05, 4.69) is 0 Å². The molecule has 2 saturated heterocycles. The van der Waals surface area contributed by atoms with E-state index in [9.17, 15) is 19.6 Å². The fraction of sp³-hybridized carbons (Fsp3) is 0.750. The molecular weight excluding hydrogens is 366 g/mol. The Kier molecular flexibility index (Phi) is 5.55. The summed E-state index contributed by atoms with van der Waals surface area (Å²) in [5.74, 6) is -2.28. The summed E-state index contributed by atoms with van der Waals surface area (Å²) in [6, 6.07) is -0.427. The van der Waals surface area contributed by atoms with Crippen molar-refractivity contribution in [3.63, 3.8) is 0 Å². The first-order chi connectivity index (χ1) is 13.0. The van der Waals surface area contributed by atoms with Gasteiger partial charge in [0, 0.05) is 31.8 Å². The molecule has 28 heavy (non-hydrogen) atoms. The van der Waals surface area contributed by atoms with Crippen LogP contribution in [0.25, 0.3) is 0 Å². The smallest absolute Gasteiger partial charge is 0.350 e. The van der Waals surface area contributed by atoms with Gasteiger partial charge in [-0.3, -0.25) is 4.79 Å². The minimum absolute atomic E-state index is 0.0514. The highest BCUT2D eigenvalue weighted by atomic mass is 16.6. The van der Waals surface area contributed by atoms with Crippen molar-refractivity contribution < 1.29 is 33.2 Å². The van der Waals surface area contributed by atoms with Gasteiger partial charge in [-0.1, -0.05) is 12.5 Å². The summed E-state index contributed by atoms with van der Waals surface area (Å²) in [7, 11) is 0. The van der Waals surface area contributed by atoms with E-state index in [1.165, 1.54) is 19.9 Å². The summed E-state index contributed by atoms with van der Waals surface area (Å²) in [4.78, 5) is 36.9. The maximum absolute atomic E-state index is 13.1. The van der Waals surface area contributed by atoms with E-state index in [-0.39, 0.29) is 12.5 Å². The molecule has 8 heteroatoms. The number of quaternary nitrogens is 1. The van der Waals surface area contributed by atoms with Gasteiger partial charge in [0.05, 0.1) is 19.0 Å². The van der Waals surface area contributed by atoms with Crippen molar-refractivity contribution in [1.29, 1.82) is 0 Å². The largest absolute Gasteiger partial charge is 0.632 e. The van der Waals surface area contributed by atoms with Crippen LogP contribution >= 0.6 is 0 Å². The van der Waals surface area contributed by atoms with Crippen molar-refractivity contribution in [3.05, 3.63) is 16.9 Å². The van der Waals surface area contributed by atoms with Crippen LogP contribution in [-0.2, 0) is 28.6 Å². The zero-order valence-corrected chi connectivity index (χ0v) is 16.9. The molecule has 6 atom stereocenters. The molecule has 3 aliphatic heterocycles. The lowest BCUT2D eigenvalue weighted by Crippen LogP contribution is -2.49. The standard InChI is InChI=1S/C20H29NO7/c1-12-9-13(2)20(4,28-14(3)22)19(24)26-11-15-5-7-21(25)8-6-16(18(15)21)27-17(23)10-12/h10,13,15-16,18H,5-9,11H2,1-4H3. The maximum atomic E-state index is 13.1. The second kappa shape index (κ2) is 7.48. The summed E-state index contributed by atoms with van der Waals surface area (Å²) in [5, 5.41) is 13.1. The average molecular weight is 395 g/mol. The number of hydroxylamine groups is 3. The van der Waals surface area contributed by atoms with Crippen molar-refractivity contribution in [2.45, 2.75) is 64.7 Å². The van der Waals surface area contributed by atoms with Gasteiger partial charge in [0.25, 0.3) is 0 Å². The second-order valence-corrected chi connectivity index (χ2v) is 8.60. The van der Waals surface area contributed by atoms with Crippen LogP contribution < -0.4 is 0 Å². The number of nitrogens with zero attached hydrogens (tertiary/aromatic N) is 1. The van der Waals surface area contributed by atoms with Crippen LogP contribution in [0.3, 0.4) is 0 Å². The highest BCUT2D eigenvalue weighted by Gasteiger charge is 2.54. The van der Waals surface area contributed by atoms with Crippen LogP contribution in [0.15, 0.2) is 11.6 Å². The average Bonchev–Trinajstić information content (AvgIpc) is 3.07. The fourth-order valence-electron chi connectivity index (χ4n) is 4.87. The molecule has 3 rings (SSSR count). The Balaban J connectivity index is 1.93. The minimum atomic E-state index is -1.48. The molecular formula is C20H29NO7. The quantitative estimate of drug-likeness (QED) is 0.289. The predicted molar refractivity (Wildman–Crippen MR) is 98.4 cm³/mol. The third-order valence-electron chi connectivity index (χ3n) is 6.47. The molecule has 0 aromatic heterocycles. The molecule has 0 bridgehead atoms. The Morgan fingerprint density at radius 3 is 2.68 bits per heavy atom. The van der Waals surface area contributed by atoms with Crippen LogP contribution in [0.5, 0.6) is 0 Å². The second-order valence-electron chi connectivity index (χ2n) is 8.60. The fourth-order valence-corrected chi connectivity index (χ4v) is 4.87. The third kappa shape index (κ3) is 3.80. The molecule has 156 valence electrons. The molecule has 3 heterocycles. The molecule has 8 nitrogen and oxygen atoms in total. The Morgan fingerprint density at radius 1 is 1.32 bits per heavy atom. The molecule has 0 aromatic carbocycles. The van der Waals surface area contributed by atoms with Gasteiger partial charge in [0.1, 0.15) is 12.6 Å². The third-order valence-corrected chi connectivity index (χ3v) is 6.47. The molecule has 0 aromatic rings. The van der Waals surface area contributed by atoms with Gasteiger partial charge in [-0.25, -0.2) is 9.59 Å². The van der Waals surface area contributed by atoms with Gasteiger partial charge in [0.2, 0.25) is 5.60 Å². The lowest BCUT2D eigenvalue weighted by Gasteiger charge is -2.40. The number of ether oxygens (including phenoxy) is 3. The number of rotatable bonds is 1. The van der Waals surface area contributed by atoms with E-state index in [4.69, 9.17) is 14.2 Å². The van der Waals surface area contributed by atoms with E-state index >= 15 is 0 Å². The Hall–Kier alpha value is -1.93. The summed E-state index contributed by atoms with van der Waals surface area (Å²) in [5.41, 5.74) is -0.775. The summed E-state index contributed by atoms with van der Waals surface area (Å²) < 4.78 is 16.2. The molecule has 6 unspecified atom stereocenters. The van der Waals surface area contributed by atoms with Gasteiger partial charge < -0.3 is 24.1 Å². The first-order valence-electron chi connectivity index (χ1n) is 9.87. The van der Waals surface area contributed by atoms with Gasteiger partial charge in [0.15, 0.2) is 6.10 Å². The lowest BCUT2D eigenvalue weighted by molar-refractivity contribution is -0.882. The summed E-state index contributed by atoms with van der Waals surface area (Å²) >= 11 is 0. The summed E-state index contributed by atoms with van der Waals surface area (Å²) in [6.45, 7) is 7.19. The van der Waals surface area contributed by atoms with Crippen LogP contribution in [-0.4, -0.2) is 60.0 Å². The molecule has 0 spiro atoms. The van der Waals surface area contributed by atoms with Crippen LogP contribution in [0.4, 0.5) is 0 Å². The van der Waals surface area contributed by atoms with Crippen LogP contribution in [0.1, 0.15) is 47.0 Å². The van der Waals surface area contributed by atoms with Crippen molar-refractivity contribution in [2.75, 3.05) is 19.7 Å². The van der Waals surface area contributed by atoms with Crippen molar-refractivity contribution >= 4 is 17.9 Å². The first kappa shape index (κ1) is 20.8. The van der Waals surface area contributed by atoms with E-state index in [0.29, 0.717) is 37.9 Å². The topological polar surface area (TPSA) is 102 Å². The SMILES string of the molecule is CC(=O)OC1(C)C(=O)OCC2CC[N+]3([O-])CCC(OC(=O)C=C(C)CC1C)C23. The number of hydrogen-bond acceptors (Lipinski definition) is 7. The van der Waals surface area contributed by atoms with E-state index in [1.807, 2.05) is 0 Å². The number of esters is 3. The number of cyclic esters (lactones) is 1. The minimum Gasteiger partial charge on any atom is -0.632 e. The Morgan fingerprint density at radius 2 is 2.00 bits per heavy atom. The van der Waals surface area contributed by atoms with Crippen molar-refractivity contribution in [2.24, 2.45) is 11.8 Å². The van der Waals surface area contributed by atoms with E-state index in [1.54, 1.807) is 13.8 Å². The highest BCUT2D eigenvalue weighted by molar-refractivity contribution is 5.84. The van der Waals surface area contributed by atoms with Gasteiger partial charge >= 0.3 is 17.9 Å². The zero-order chi connectivity index (χ0) is 20.7. The highest BCUT2D eigenvalue weighted by Crippen LogP contribution is 2.41. The lowest BCUT2D eigenvalue weighted by atomic mass is 9.85. The van der Waals surface area contributed by atoms with Crippen molar-refractivity contribution in [1.82, 2.24) is 0 Å². The molecule has 3 aliphatic rings. The molecule has 0 saturated carbocycles. The number of hydrogen-bond donors (Lipinski definition) is 0. The van der Waals surface area contributed by atoms with Gasteiger partial charge in [-0.15, -0.1) is 0 Å². The molecule has 0 N–H and O–H groups in total. The maximum Gasteiger partial charge on any atom is 0.350 e.